The van der Waals surface area contributed by atoms with Gasteiger partial charge in [0.05, 0.1) is 19.8 Å². The second kappa shape index (κ2) is 8.88. The summed E-state index contributed by atoms with van der Waals surface area (Å²) in [7, 11) is 3.08. The van der Waals surface area contributed by atoms with Gasteiger partial charge < -0.3 is 19.1 Å². The van der Waals surface area contributed by atoms with Crippen LogP contribution in [0, 0.1) is 11.3 Å². The number of fused-ring (bicyclic) bond motifs is 1. The number of likely N-dealkylation sites (tertiary alicyclic amines) is 1. The Balaban J connectivity index is 1.86. The van der Waals surface area contributed by atoms with Crippen LogP contribution >= 0.6 is 0 Å². The standard InChI is InChI=1S/C23H22N4O4/c1-29-19-11-16-17(12-20(19)30-2)22(31-21-15(13-24)7-6-8-25-21)26-14-18(16)23(28)27-9-4-3-5-10-27/h6-8,11-12,14H,3-5,9-10H2,1-2H3. The Morgan fingerprint density at radius 1 is 1.03 bits per heavy atom. The maximum Gasteiger partial charge on any atom is 0.256 e. The van der Waals surface area contributed by atoms with Crippen LogP contribution in [0.1, 0.15) is 35.2 Å². The molecule has 158 valence electrons. The number of rotatable bonds is 5. The summed E-state index contributed by atoms with van der Waals surface area (Å²) < 4.78 is 16.8. The molecular formula is C23H22N4O4. The van der Waals surface area contributed by atoms with Gasteiger partial charge in [-0.25, -0.2) is 9.97 Å². The Labute approximate surface area is 180 Å². The number of hydrogen-bond donors (Lipinski definition) is 0. The number of nitriles is 1. The monoisotopic (exact) mass is 418 g/mol. The summed E-state index contributed by atoms with van der Waals surface area (Å²) >= 11 is 0. The maximum atomic E-state index is 13.3. The second-order valence-electron chi connectivity index (χ2n) is 7.15. The Morgan fingerprint density at radius 3 is 2.42 bits per heavy atom. The molecule has 3 heterocycles. The first kappa shape index (κ1) is 20.4. The van der Waals surface area contributed by atoms with Crippen LogP contribution in [0.4, 0.5) is 0 Å². The summed E-state index contributed by atoms with van der Waals surface area (Å²) in [5, 5.41) is 10.5. The summed E-state index contributed by atoms with van der Waals surface area (Å²) in [5.41, 5.74) is 0.748. The predicted molar refractivity (Wildman–Crippen MR) is 114 cm³/mol. The third-order valence-electron chi connectivity index (χ3n) is 5.31. The van der Waals surface area contributed by atoms with E-state index in [0.29, 0.717) is 27.8 Å². The number of piperidine rings is 1. The zero-order chi connectivity index (χ0) is 21.8. The molecule has 0 atom stereocenters. The highest BCUT2D eigenvalue weighted by Crippen LogP contribution is 2.38. The van der Waals surface area contributed by atoms with Crippen LogP contribution in [-0.4, -0.2) is 48.1 Å². The number of carbonyl (C=O) groups is 1. The molecule has 1 fully saturated rings. The van der Waals surface area contributed by atoms with Crippen LogP contribution in [0.15, 0.2) is 36.7 Å². The van der Waals surface area contributed by atoms with Gasteiger partial charge >= 0.3 is 0 Å². The quantitative estimate of drug-likeness (QED) is 0.619. The summed E-state index contributed by atoms with van der Waals surface area (Å²) in [5.74, 6) is 1.26. The van der Waals surface area contributed by atoms with Crippen LogP contribution in [0.3, 0.4) is 0 Å². The zero-order valence-electron chi connectivity index (χ0n) is 17.4. The number of amides is 1. The first-order chi connectivity index (χ1) is 15.2. The first-order valence-corrected chi connectivity index (χ1v) is 10.0. The Bertz CT molecular complexity index is 1170. The van der Waals surface area contributed by atoms with E-state index in [1.54, 1.807) is 31.4 Å². The van der Waals surface area contributed by atoms with Gasteiger partial charge in [0.2, 0.25) is 11.8 Å². The van der Waals surface area contributed by atoms with E-state index < -0.39 is 0 Å². The maximum absolute atomic E-state index is 13.3. The van der Waals surface area contributed by atoms with Crippen molar-refractivity contribution in [2.24, 2.45) is 0 Å². The number of aromatic nitrogens is 2. The van der Waals surface area contributed by atoms with Crippen LogP contribution in [-0.2, 0) is 0 Å². The molecule has 0 unspecified atom stereocenters. The van der Waals surface area contributed by atoms with Crippen molar-refractivity contribution in [1.82, 2.24) is 14.9 Å². The number of benzene rings is 1. The molecule has 2 aromatic heterocycles. The number of hydrogen-bond acceptors (Lipinski definition) is 7. The third-order valence-corrected chi connectivity index (χ3v) is 5.31. The molecule has 1 amide bonds. The van der Waals surface area contributed by atoms with Crippen molar-refractivity contribution in [3.63, 3.8) is 0 Å². The molecule has 0 saturated carbocycles. The molecule has 0 spiro atoms. The SMILES string of the molecule is COc1cc2c(C(=O)N3CCCCC3)cnc(Oc3ncccc3C#N)c2cc1OC. The van der Waals surface area contributed by atoms with Gasteiger partial charge in [0.15, 0.2) is 11.5 Å². The highest BCUT2D eigenvalue weighted by molar-refractivity contribution is 6.08. The first-order valence-electron chi connectivity index (χ1n) is 10.0. The molecule has 1 aliphatic heterocycles. The van der Waals surface area contributed by atoms with Crippen molar-refractivity contribution < 1.29 is 19.0 Å². The minimum Gasteiger partial charge on any atom is -0.493 e. The number of pyridine rings is 2. The summed E-state index contributed by atoms with van der Waals surface area (Å²) in [6, 6.07) is 8.80. The van der Waals surface area contributed by atoms with Crippen LogP contribution in [0.2, 0.25) is 0 Å². The van der Waals surface area contributed by atoms with E-state index in [2.05, 4.69) is 16.0 Å². The van der Waals surface area contributed by atoms with Gasteiger partial charge in [-0.05, 0) is 43.5 Å². The fourth-order valence-electron chi connectivity index (χ4n) is 3.71. The summed E-state index contributed by atoms with van der Waals surface area (Å²) in [6.45, 7) is 1.46. The molecular weight excluding hydrogens is 396 g/mol. The van der Waals surface area contributed by atoms with Crippen molar-refractivity contribution in [1.29, 1.82) is 5.26 Å². The predicted octanol–water partition coefficient (Wildman–Crippen LogP) is 3.94. The van der Waals surface area contributed by atoms with Crippen molar-refractivity contribution in [3.8, 4) is 29.3 Å². The minimum absolute atomic E-state index is 0.0773. The lowest BCUT2D eigenvalue weighted by atomic mass is 10.0. The Morgan fingerprint density at radius 2 is 1.74 bits per heavy atom. The van der Waals surface area contributed by atoms with Crippen molar-refractivity contribution in [2.75, 3.05) is 27.3 Å². The van der Waals surface area contributed by atoms with E-state index in [0.717, 1.165) is 32.4 Å². The van der Waals surface area contributed by atoms with Gasteiger partial charge in [0.25, 0.3) is 5.91 Å². The molecule has 1 aliphatic rings. The molecule has 3 aromatic rings. The largest absolute Gasteiger partial charge is 0.493 e. The minimum atomic E-state index is -0.0773. The highest BCUT2D eigenvalue weighted by atomic mass is 16.5. The number of methoxy groups -OCH3 is 2. The molecule has 0 aliphatic carbocycles. The lowest BCUT2D eigenvalue weighted by molar-refractivity contribution is 0.0726. The van der Waals surface area contributed by atoms with Crippen LogP contribution < -0.4 is 14.2 Å². The smallest absolute Gasteiger partial charge is 0.256 e. The van der Waals surface area contributed by atoms with Gasteiger partial charge in [-0.3, -0.25) is 4.79 Å². The van der Waals surface area contributed by atoms with Gasteiger partial charge in [0, 0.05) is 36.3 Å². The lowest BCUT2D eigenvalue weighted by Gasteiger charge is -2.27. The van der Waals surface area contributed by atoms with Crippen LogP contribution in [0.5, 0.6) is 23.3 Å². The molecule has 0 N–H and O–H groups in total. The van der Waals surface area contributed by atoms with Crippen LogP contribution in [0.25, 0.3) is 10.8 Å². The molecule has 1 saturated heterocycles. The van der Waals surface area contributed by atoms with E-state index in [1.165, 1.54) is 19.5 Å². The van der Waals surface area contributed by atoms with E-state index in [1.807, 2.05) is 4.90 Å². The molecule has 8 heteroatoms. The molecule has 0 radical (unpaired) electrons. The number of ether oxygens (including phenoxy) is 3. The van der Waals surface area contributed by atoms with Crippen molar-refractivity contribution in [2.45, 2.75) is 19.3 Å². The molecule has 8 nitrogen and oxygen atoms in total. The Kier molecular flexibility index (Phi) is 5.85. The molecule has 0 bridgehead atoms. The normalized spacial score (nSPS) is 13.5. The molecule has 4 rings (SSSR count). The zero-order valence-corrected chi connectivity index (χ0v) is 17.4. The fraction of sp³-hybridized carbons (Fsp3) is 0.304. The summed E-state index contributed by atoms with van der Waals surface area (Å²) in [4.78, 5) is 23.7. The van der Waals surface area contributed by atoms with Gasteiger partial charge in [0.1, 0.15) is 11.6 Å². The molecule has 31 heavy (non-hydrogen) atoms. The Hall–Kier alpha value is -3.86. The van der Waals surface area contributed by atoms with E-state index in [9.17, 15) is 10.1 Å². The average molecular weight is 418 g/mol. The van der Waals surface area contributed by atoms with E-state index in [4.69, 9.17) is 14.2 Å². The van der Waals surface area contributed by atoms with Gasteiger partial charge in [-0.15, -0.1) is 0 Å². The second-order valence-corrected chi connectivity index (χ2v) is 7.15. The number of carbonyl (C=O) groups excluding carboxylic acids is 1. The van der Waals surface area contributed by atoms with Crippen molar-refractivity contribution in [3.05, 3.63) is 47.8 Å². The molecule has 1 aromatic carbocycles. The number of nitrogens with zero attached hydrogens (tertiary/aromatic N) is 4. The fourth-order valence-corrected chi connectivity index (χ4v) is 3.71. The summed E-state index contributed by atoms with van der Waals surface area (Å²) in [6.07, 6.45) is 6.16. The highest BCUT2D eigenvalue weighted by Gasteiger charge is 2.24. The third kappa shape index (κ3) is 3.94. The van der Waals surface area contributed by atoms with Gasteiger partial charge in [-0.1, -0.05) is 0 Å². The van der Waals surface area contributed by atoms with Gasteiger partial charge in [-0.2, -0.15) is 5.26 Å². The van der Waals surface area contributed by atoms with E-state index in [-0.39, 0.29) is 23.2 Å². The topological polar surface area (TPSA) is 97.6 Å². The van der Waals surface area contributed by atoms with Crippen molar-refractivity contribution >= 4 is 16.7 Å². The lowest BCUT2D eigenvalue weighted by Crippen LogP contribution is -2.35. The average Bonchev–Trinajstić information content (AvgIpc) is 2.83. The van der Waals surface area contributed by atoms with E-state index >= 15 is 0 Å².